The molecule has 0 unspecified atom stereocenters. The highest BCUT2D eigenvalue weighted by Crippen LogP contribution is 2.24. The molecule has 2 aromatic rings. The molecule has 0 aliphatic carbocycles. The third-order valence-electron chi connectivity index (χ3n) is 2.83. The van der Waals surface area contributed by atoms with Crippen LogP contribution in [0.15, 0.2) is 58.0 Å². The van der Waals surface area contributed by atoms with Gasteiger partial charge in [0.25, 0.3) is 0 Å². The zero-order chi connectivity index (χ0) is 13.1. The first-order valence-electron chi connectivity index (χ1n) is 6.13. The Hall–Kier alpha value is -1.81. The molecule has 0 amide bonds. The summed E-state index contributed by atoms with van der Waals surface area (Å²) in [5, 5.41) is 3.25. The first-order valence-corrected chi connectivity index (χ1v) is 6.93. The fourth-order valence-corrected chi connectivity index (χ4v) is 2.32. The predicted molar refractivity (Wildman–Crippen MR) is 80.1 cm³/mol. The van der Waals surface area contributed by atoms with Gasteiger partial charge in [-0.05, 0) is 42.5 Å². The second-order valence-corrected chi connectivity index (χ2v) is 5.16. The molecule has 3 nitrogen and oxygen atoms in total. The molecular formula is C15H13BrN2O. The Morgan fingerprint density at radius 2 is 1.89 bits per heavy atom. The lowest BCUT2D eigenvalue weighted by Crippen LogP contribution is -2.19. The van der Waals surface area contributed by atoms with Crippen LogP contribution in [-0.2, 0) is 0 Å². The van der Waals surface area contributed by atoms with E-state index >= 15 is 0 Å². The molecule has 3 rings (SSSR count). The van der Waals surface area contributed by atoms with Crippen LogP contribution < -0.4 is 10.1 Å². The van der Waals surface area contributed by atoms with Gasteiger partial charge in [-0.15, -0.1) is 0 Å². The average Bonchev–Trinajstić information content (AvgIpc) is 2.94. The Balaban J connectivity index is 1.75. The quantitative estimate of drug-likeness (QED) is 0.938. The van der Waals surface area contributed by atoms with Crippen molar-refractivity contribution in [2.24, 2.45) is 4.99 Å². The van der Waals surface area contributed by atoms with Crippen molar-refractivity contribution in [3.8, 4) is 11.5 Å². The SMILES string of the molecule is Brc1cccc(Oc2ccc(C3=NCCN3)cc2)c1. The van der Waals surface area contributed by atoms with Crippen LogP contribution in [0.5, 0.6) is 11.5 Å². The minimum atomic E-state index is 0.818. The van der Waals surface area contributed by atoms with E-state index in [1.54, 1.807) is 0 Å². The summed E-state index contributed by atoms with van der Waals surface area (Å²) in [7, 11) is 0. The van der Waals surface area contributed by atoms with Crippen LogP contribution in [0.2, 0.25) is 0 Å². The van der Waals surface area contributed by atoms with Gasteiger partial charge in [0.2, 0.25) is 0 Å². The van der Waals surface area contributed by atoms with Gasteiger partial charge in [-0.25, -0.2) is 0 Å². The van der Waals surface area contributed by atoms with Crippen LogP contribution in [0.25, 0.3) is 0 Å². The molecule has 19 heavy (non-hydrogen) atoms. The number of ether oxygens (including phenoxy) is 1. The molecule has 1 heterocycles. The summed E-state index contributed by atoms with van der Waals surface area (Å²) >= 11 is 3.43. The third kappa shape index (κ3) is 2.96. The molecule has 0 fully saturated rings. The molecule has 0 saturated carbocycles. The van der Waals surface area contributed by atoms with Gasteiger partial charge in [0, 0.05) is 16.6 Å². The monoisotopic (exact) mass is 316 g/mol. The number of benzene rings is 2. The Morgan fingerprint density at radius 1 is 1.05 bits per heavy atom. The van der Waals surface area contributed by atoms with Crippen LogP contribution in [0, 0.1) is 0 Å². The highest BCUT2D eigenvalue weighted by Gasteiger charge is 2.07. The number of hydrogen-bond acceptors (Lipinski definition) is 3. The van der Waals surface area contributed by atoms with Crippen molar-refractivity contribution >= 4 is 21.8 Å². The zero-order valence-corrected chi connectivity index (χ0v) is 11.9. The second kappa shape index (κ2) is 5.45. The summed E-state index contributed by atoms with van der Waals surface area (Å²) in [6.45, 7) is 1.78. The van der Waals surface area contributed by atoms with Crippen LogP contribution in [-0.4, -0.2) is 18.9 Å². The topological polar surface area (TPSA) is 33.6 Å². The Bertz CT molecular complexity index is 608. The standard InChI is InChI=1S/C15H13BrN2O/c16-12-2-1-3-14(10-12)19-13-6-4-11(5-7-13)15-17-8-9-18-15/h1-7,10H,8-9H2,(H,17,18). The molecule has 96 valence electrons. The van der Waals surface area contributed by atoms with E-state index in [4.69, 9.17) is 4.74 Å². The summed E-state index contributed by atoms with van der Waals surface area (Å²) in [6.07, 6.45) is 0. The second-order valence-electron chi connectivity index (χ2n) is 4.24. The van der Waals surface area contributed by atoms with Crippen LogP contribution in [0.1, 0.15) is 5.56 Å². The lowest BCUT2D eigenvalue weighted by atomic mass is 10.2. The first kappa shape index (κ1) is 12.2. The van der Waals surface area contributed by atoms with Crippen molar-refractivity contribution in [1.29, 1.82) is 0 Å². The van der Waals surface area contributed by atoms with Gasteiger partial charge in [0.15, 0.2) is 0 Å². The van der Waals surface area contributed by atoms with Crippen LogP contribution in [0.4, 0.5) is 0 Å². The Morgan fingerprint density at radius 3 is 2.58 bits per heavy atom. The molecule has 0 spiro atoms. The van der Waals surface area contributed by atoms with Gasteiger partial charge in [-0.2, -0.15) is 0 Å². The fourth-order valence-electron chi connectivity index (χ4n) is 1.94. The number of aliphatic imine (C=N–C) groups is 1. The summed E-state index contributed by atoms with van der Waals surface area (Å²) in [6, 6.07) is 15.7. The van der Waals surface area contributed by atoms with E-state index < -0.39 is 0 Å². The summed E-state index contributed by atoms with van der Waals surface area (Å²) in [4.78, 5) is 4.39. The third-order valence-corrected chi connectivity index (χ3v) is 3.33. The van der Waals surface area contributed by atoms with Crippen molar-refractivity contribution in [3.05, 3.63) is 58.6 Å². The van der Waals surface area contributed by atoms with Gasteiger partial charge in [0.05, 0.1) is 6.54 Å². The molecular weight excluding hydrogens is 304 g/mol. The van der Waals surface area contributed by atoms with Gasteiger partial charge < -0.3 is 10.1 Å². The Labute approximate surface area is 120 Å². The van der Waals surface area contributed by atoms with E-state index in [-0.39, 0.29) is 0 Å². The van der Waals surface area contributed by atoms with Crippen molar-refractivity contribution in [2.75, 3.05) is 13.1 Å². The van der Waals surface area contributed by atoms with E-state index in [1.165, 1.54) is 0 Å². The molecule has 1 N–H and O–H groups in total. The zero-order valence-electron chi connectivity index (χ0n) is 10.3. The van der Waals surface area contributed by atoms with Gasteiger partial charge in [0.1, 0.15) is 17.3 Å². The molecule has 0 atom stereocenters. The number of rotatable bonds is 3. The number of amidine groups is 1. The van der Waals surface area contributed by atoms with E-state index in [9.17, 15) is 0 Å². The van der Waals surface area contributed by atoms with Gasteiger partial charge in [-0.3, -0.25) is 4.99 Å². The molecule has 0 aromatic heterocycles. The van der Waals surface area contributed by atoms with E-state index in [1.807, 2.05) is 48.5 Å². The van der Waals surface area contributed by atoms with Crippen molar-refractivity contribution in [3.63, 3.8) is 0 Å². The minimum absolute atomic E-state index is 0.818. The molecule has 1 aliphatic heterocycles. The van der Waals surface area contributed by atoms with E-state index in [0.717, 1.165) is 40.5 Å². The molecule has 4 heteroatoms. The average molecular weight is 317 g/mol. The highest BCUT2D eigenvalue weighted by atomic mass is 79.9. The fraction of sp³-hybridized carbons (Fsp3) is 0.133. The smallest absolute Gasteiger partial charge is 0.128 e. The number of nitrogens with one attached hydrogen (secondary N) is 1. The number of nitrogens with zero attached hydrogens (tertiary/aromatic N) is 1. The number of halogens is 1. The predicted octanol–water partition coefficient (Wildman–Crippen LogP) is 3.59. The lowest BCUT2D eigenvalue weighted by Gasteiger charge is -2.07. The first-order chi connectivity index (χ1) is 9.31. The maximum atomic E-state index is 5.79. The largest absolute Gasteiger partial charge is 0.457 e. The molecule has 0 saturated heterocycles. The summed E-state index contributed by atoms with van der Waals surface area (Å²) < 4.78 is 6.79. The normalized spacial score (nSPS) is 13.8. The lowest BCUT2D eigenvalue weighted by molar-refractivity contribution is 0.482. The van der Waals surface area contributed by atoms with Gasteiger partial charge >= 0.3 is 0 Å². The van der Waals surface area contributed by atoms with Crippen molar-refractivity contribution in [1.82, 2.24) is 5.32 Å². The molecule has 2 aromatic carbocycles. The summed E-state index contributed by atoms with van der Waals surface area (Å²) in [5.74, 6) is 2.60. The van der Waals surface area contributed by atoms with E-state index in [0.29, 0.717) is 0 Å². The van der Waals surface area contributed by atoms with Crippen LogP contribution in [0.3, 0.4) is 0 Å². The maximum Gasteiger partial charge on any atom is 0.128 e. The highest BCUT2D eigenvalue weighted by molar-refractivity contribution is 9.10. The van der Waals surface area contributed by atoms with Crippen molar-refractivity contribution in [2.45, 2.75) is 0 Å². The molecule has 0 radical (unpaired) electrons. The van der Waals surface area contributed by atoms with Crippen LogP contribution >= 0.6 is 15.9 Å². The Kier molecular flexibility index (Phi) is 3.51. The van der Waals surface area contributed by atoms with Crippen molar-refractivity contribution < 1.29 is 4.74 Å². The van der Waals surface area contributed by atoms with E-state index in [2.05, 4.69) is 26.2 Å². The molecule has 0 bridgehead atoms. The van der Waals surface area contributed by atoms with Gasteiger partial charge in [-0.1, -0.05) is 22.0 Å². The maximum absolute atomic E-state index is 5.79. The number of hydrogen-bond donors (Lipinski definition) is 1. The molecule has 1 aliphatic rings. The minimum Gasteiger partial charge on any atom is -0.457 e. The summed E-state index contributed by atoms with van der Waals surface area (Å²) in [5.41, 5.74) is 1.10.